The van der Waals surface area contributed by atoms with Crippen molar-refractivity contribution in [2.45, 2.75) is 52.0 Å². The molecule has 1 aromatic rings. The molecule has 1 fully saturated rings. The largest absolute Gasteiger partial charge is 0.296 e. The van der Waals surface area contributed by atoms with E-state index in [4.69, 9.17) is 0 Å². The molecule has 0 aromatic heterocycles. The van der Waals surface area contributed by atoms with Crippen LogP contribution in [0.25, 0.3) is 0 Å². The van der Waals surface area contributed by atoms with E-state index in [9.17, 15) is 8.42 Å². The maximum atomic E-state index is 12.2. The first kappa shape index (κ1) is 19.3. The number of aryl methyl sites for hydroxylation is 2. The number of aliphatic imine (C=N–C) groups is 1. The van der Waals surface area contributed by atoms with Crippen LogP contribution in [-0.4, -0.2) is 42.1 Å². The van der Waals surface area contributed by atoms with Gasteiger partial charge in [0.15, 0.2) is 0 Å². The Labute approximate surface area is 150 Å². The van der Waals surface area contributed by atoms with E-state index >= 15 is 0 Å². The molecule has 0 amide bonds. The molecule has 5 nitrogen and oxygen atoms in total. The van der Waals surface area contributed by atoms with Crippen molar-refractivity contribution >= 4 is 34.2 Å². The molecule has 2 rings (SSSR count). The minimum Gasteiger partial charge on any atom is -0.296 e. The van der Waals surface area contributed by atoms with Crippen molar-refractivity contribution in [2.24, 2.45) is 4.99 Å². The number of hydrogen-bond acceptors (Lipinski definition) is 4. The first-order valence-electron chi connectivity index (χ1n) is 8.29. The summed E-state index contributed by atoms with van der Waals surface area (Å²) in [7, 11) is -1.43. The van der Waals surface area contributed by atoms with Crippen molar-refractivity contribution in [3.63, 3.8) is 0 Å². The standard InChI is InChI=1S/C17H27N3O2S2/c1-14-10-11-17(15(2)12-14)18-13-19(3)23-20(24(4,21)22)16-8-6-5-7-9-16/h10-13,16H,5-9H2,1-4H3. The molecule has 1 aromatic carbocycles. The third kappa shape index (κ3) is 5.50. The average molecular weight is 370 g/mol. The van der Waals surface area contributed by atoms with Gasteiger partial charge in [-0.2, -0.15) is 0 Å². The highest BCUT2D eigenvalue weighted by atomic mass is 32.3. The molecular formula is C17H27N3O2S2. The third-order valence-electron chi connectivity index (χ3n) is 4.12. The highest BCUT2D eigenvalue weighted by Gasteiger charge is 2.30. The maximum Gasteiger partial charge on any atom is 0.222 e. The highest BCUT2D eigenvalue weighted by Crippen LogP contribution is 2.30. The molecule has 1 aliphatic rings. The van der Waals surface area contributed by atoms with Crippen molar-refractivity contribution in [3.05, 3.63) is 29.3 Å². The molecular weight excluding hydrogens is 342 g/mol. The van der Waals surface area contributed by atoms with Crippen molar-refractivity contribution in [1.82, 2.24) is 8.02 Å². The van der Waals surface area contributed by atoms with Gasteiger partial charge in [-0.25, -0.2) is 13.4 Å². The van der Waals surface area contributed by atoms with Crippen LogP contribution in [0.1, 0.15) is 43.2 Å². The van der Waals surface area contributed by atoms with E-state index in [-0.39, 0.29) is 6.04 Å². The molecule has 0 saturated heterocycles. The topological polar surface area (TPSA) is 53.0 Å². The minimum atomic E-state index is -3.26. The van der Waals surface area contributed by atoms with E-state index in [1.54, 1.807) is 14.4 Å². The Morgan fingerprint density at radius 2 is 1.88 bits per heavy atom. The van der Waals surface area contributed by atoms with E-state index in [1.807, 2.05) is 26.1 Å². The summed E-state index contributed by atoms with van der Waals surface area (Å²) < 4.78 is 27.6. The van der Waals surface area contributed by atoms with Gasteiger partial charge in [-0.05, 0) is 38.3 Å². The van der Waals surface area contributed by atoms with Crippen LogP contribution >= 0.6 is 12.1 Å². The van der Waals surface area contributed by atoms with Crippen LogP contribution < -0.4 is 0 Å². The Bertz CT molecular complexity index is 683. The quantitative estimate of drug-likeness (QED) is 0.431. The summed E-state index contributed by atoms with van der Waals surface area (Å²) in [5.41, 5.74) is 3.21. The van der Waals surface area contributed by atoms with Crippen LogP contribution in [0.4, 0.5) is 5.69 Å². The molecule has 1 saturated carbocycles. The van der Waals surface area contributed by atoms with Crippen molar-refractivity contribution in [1.29, 1.82) is 0 Å². The Morgan fingerprint density at radius 1 is 1.21 bits per heavy atom. The number of sulfonamides is 1. The van der Waals surface area contributed by atoms with Crippen LogP contribution in [0.2, 0.25) is 0 Å². The van der Waals surface area contributed by atoms with Crippen LogP contribution in [0.5, 0.6) is 0 Å². The second-order valence-electron chi connectivity index (χ2n) is 6.47. The molecule has 0 bridgehead atoms. The molecule has 0 aliphatic heterocycles. The molecule has 0 radical (unpaired) electrons. The molecule has 7 heteroatoms. The van der Waals surface area contributed by atoms with E-state index in [0.29, 0.717) is 0 Å². The molecule has 0 heterocycles. The van der Waals surface area contributed by atoms with E-state index in [2.05, 4.69) is 18.0 Å². The third-order valence-corrected chi connectivity index (χ3v) is 6.90. The minimum absolute atomic E-state index is 0.0794. The second-order valence-corrected chi connectivity index (χ2v) is 9.70. The van der Waals surface area contributed by atoms with Crippen molar-refractivity contribution < 1.29 is 8.42 Å². The van der Waals surface area contributed by atoms with Gasteiger partial charge in [0, 0.05) is 13.1 Å². The monoisotopic (exact) mass is 369 g/mol. The van der Waals surface area contributed by atoms with E-state index < -0.39 is 10.0 Å². The maximum absolute atomic E-state index is 12.2. The SMILES string of the molecule is Cc1ccc(N=CN(C)SN(C2CCCCC2)S(C)(=O)=O)c(C)c1. The summed E-state index contributed by atoms with van der Waals surface area (Å²) in [6.07, 6.45) is 8.22. The fraction of sp³-hybridized carbons (Fsp3) is 0.588. The lowest BCUT2D eigenvalue weighted by molar-refractivity contribution is 0.344. The summed E-state index contributed by atoms with van der Waals surface area (Å²) in [5.74, 6) is 0. The number of hydrogen-bond donors (Lipinski definition) is 0. The number of nitrogens with zero attached hydrogens (tertiary/aromatic N) is 3. The molecule has 134 valence electrons. The van der Waals surface area contributed by atoms with Gasteiger partial charge in [0.1, 0.15) is 6.34 Å². The summed E-state index contributed by atoms with van der Waals surface area (Å²) in [6, 6.07) is 6.17. The first-order chi connectivity index (χ1) is 11.3. The van der Waals surface area contributed by atoms with Crippen molar-refractivity contribution in [2.75, 3.05) is 13.3 Å². The summed E-state index contributed by atoms with van der Waals surface area (Å²) in [5, 5.41) is 0. The van der Waals surface area contributed by atoms with E-state index in [1.165, 1.54) is 30.4 Å². The first-order valence-corrected chi connectivity index (χ1v) is 10.9. The smallest absolute Gasteiger partial charge is 0.222 e. The normalized spacial score (nSPS) is 16.9. The zero-order valence-electron chi connectivity index (χ0n) is 14.9. The predicted molar refractivity (Wildman–Crippen MR) is 103 cm³/mol. The van der Waals surface area contributed by atoms with Gasteiger partial charge in [0.05, 0.1) is 24.1 Å². The predicted octanol–water partition coefficient (Wildman–Crippen LogP) is 4.05. The fourth-order valence-corrected chi connectivity index (χ4v) is 5.17. The second kappa shape index (κ2) is 8.36. The van der Waals surface area contributed by atoms with Gasteiger partial charge in [0.25, 0.3) is 0 Å². The Morgan fingerprint density at radius 3 is 2.46 bits per heavy atom. The Hall–Kier alpha value is -1.05. The van der Waals surface area contributed by atoms with Crippen LogP contribution in [0.15, 0.2) is 23.2 Å². The molecule has 0 unspecified atom stereocenters. The Balaban J connectivity index is 2.06. The molecule has 0 N–H and O–H groups in total. The number of benzene rings is 1. The van der Waals surface area contributed by atoms with Gasteiger partial charge < -0.3 is 0 Å². The zero-order valence-corrected chi connectivity index (χ0v) is 16.5. The van der Waals surface area contributed by atoms with Gasteiger partial charge in [-0.15, -0.1) is 3.71 Å². The summed E-state index contributed by atoms with van der Waals surface area (Å²) in [4.78, 5) is 4.49. The molecule has 24 heavy (non-hydrogen) atoms. The van der Waals surface area contributed by atoms with Gasteiger partial charge in [-0.1, -0.05) is 37.0 Å². The molecule has 0 atom stereocenters. The summed E-state index contributed by atoms with van der Waals surface area (Å²) in [6.45, 7) is 4.08. The number of rotatable bonds is 6. The summed E-state index contributed by atoms with van der Waals surface area (Å²) >= 11 is 1.22. The van der Waals surface area contributed by atoms with Crippen molar-refractivity contribution in [3.8, 4) is 0 Å². The van der Waals surface area contributed by atoms with Crippen LogP contribution in [-0.2, 0) is 10.0 Å². The van der Waals surface area contributed by atoms with Gasteiger partial charge in [0.2, 0.25) is 10.0 Å². The van der Waals surface area contributed by atoms with Gasteiger partial charge in [-0.3, -0.25) is 4.31 Å². The lowest BCUT2D eigenvalue weighted by atomic mass is 9.96. The average Bonchev–Trinajstić information content (AvgIpc) is 2.51. The fourth-order valence-electron chi connectivity index (χ4n) is 2.93. The van der Waals surface area contributed by atoms with Gasteiger partial charge >= 0.3 is 0 Å². The van der Waals surface area contributed by atoms with E-state index in [0.717, 1.165) is 36.9 Å². The van der Waals surface area contributed by atoms with Crippen LogP contribution in [0.3, 0.4) is 0 Å². The highest BCUT2D eigenvalue weighted by molar-refractivity contribution is 8.07. The lowest BCUT2D eigenvalue weighted by Gasteiger charge is -2.32. The molecule has 1 aliphatic carbocycles. The zero-order chi connectivity index (χ0) is 17.7. The molecule has 0 spiro atoms. The van der Waals surface area contributed by atoms with Crippen LogP contribution in [0, 0.1) is 13.8 Å². The Kier molecular flexibility index (Phi) is 6.71. The lowest BCUT2D eigenvalue weighted by Crippen LogP contribution is -2.38.